The van der Waals surface area contributed by atoms with Crippen molar-refractivity contribution in [3.8, 4) is 0 Å². The largest absolute Gasteiger partial charge is 0.433 e. The molecular weight excluding hydrogens is 356 g/mol. The Morgan fingerprint density at radius 2 is 2.24 bits per heavy atom. The molecule has 0 unspecified atom stereocenters. The summed E-state index contributed by atoms with van der Waals surface area (Å²) in [6.07, 6.45) is 2.16. The summed E-state index contributed by atoms with van der Waals surface area (Å²) in [5.74, 6) is -0.0246. The number of aryl methyl sites for hydroxylation is 1. The van der Waals surface area contributed by atoms with E-state index in [0.29, 0.717) is 5.69 Å². The molecule has 0 saturated heterocycles. The van der Waals surface area contributed by atoms with Crippen LogP contribution in [0.1, 0.15) is 11.5 Å². The first-order chi connectivity index (χ1) is 11.8. The van der Waals surface area contributed by atoms with Crippen LogP contribution in [0.15, 0.2) is 38.8 Å². The Bertz CT molecular complexity index is 1100. The predicted molar refractivity (Wildman–Crippen MR) is 84.1 cm³/mol. The number of nitrogens with one attached hydrogen (secondary N) is 1. The molecule has 0 aliphatic heterocycles. The third-order valence-corrected chi connectivity index (χ3v) is 3.85. The lowest BCUT2D eigenvalue weighted by Gasteiger charge is -2.05. The average molecular weight is 366 g/mol. The molecule has 3 heterocycles. The van der Waals surface area contributed by atoms with Gasteiger partial charge in [0.15, 0.2) is 22.1 Å². The molecule has 0 fully saturated rings. The summed E-state index contributed by atoms with van der Waals surface area (Å²) in [5, 5.41) is 18.2. The first-order valence-corrected chi connectivity index (χ1v) is 8.06. The Morgan fingerprint density at radius 1 is 1.48 bits per heavy atom. The molecule has 0 saturated carbocycles. The van der Waals surface area contributed by atoms with Crippen molar-refractivity contribution in [3.05, 3.63) is 46.0 Å². The highest BCUT2D eigenvalue weighted by Crippen LogP contribution is 2.19. The fourth-order valence-corrected chi connectivity index (χ4v) is 2.54. The summed E-state index contributed by atoms with van der Waals surface area (Å²) in [4.78, 5) is 13.4. The number of hydrogen-bond donors (Lipinski definition) is 2. The van der Waals surface area contributed by atoms with E-state index in [0.717, 1.165) is 10.7 Å². The summed E-state index contributed by atoms with van der Waals surface area (Å²) < 4.78 is 37.9. The topological polar surface area (TPSA) is 165 Å². The number of rotatable bonds is 5. The van der Waals surface area contributed by atoms with E-state index in [4.69, 9.17) is 4.42 Å². The van der Waals surface area contributed by atoms with Gasteiger partial charge in [-0.1, -0.05) is 0 Å². The van der Waals surface area contributed by atoms with E-state index >= 15 is 0 Å². The third-order valence-electron chi connectivity index (χ3n) is 3.01. The van der Waals surface area contributed by atoms with Gasteiger partial charge in [-0.25, -0.2) is 4.98 Å². The van der Waals surface area contributed by atoms with Crippen LogP contribution in [0.4, 0.5) is 11.7 Å². The first kappa shape index (κ1) is 16.5. The van der Waals surface area contributed by atoms with Crippen molar-refractivity contribution in [1.82, 2.24) is 14.6 Å². The van der Waals surface area contributed by atoms with Crippen LogP contribution >= 0.6 is 0 Å². The molecule has 0 aliphatic carbocycles. The lowest BCUT2D eigenvalue weighted by molar-refractivity contribution is -0.402. The highest BCUT2D eigenvalue weighted by Gasteiger charge is 2.19. The molecule has 12 nitrogen and oxygen atoms in total. The minimum absolute atomic E-state index is 0.0752. The second-order valence-electron chi connectivity index (χ2n) is 4.81. The van der Waals surface area contributed by atoms with Crippen molar-refractivity contribution in [2.75, 3.05) is 5.43 Å². The van der Waals surface area contributed by atoms with Gasteiger partial charge in [0.25, 0.3) is 10.1 Å². The second kappa shape index (κ2) is 5.95. The maximum absolute atomic E-state index is 11.3. The van der Waals surface area contributed by atoms with Crippen molar-refractivity contribution in [1.29, 1.82) is 0 Å². The van der Waals surface area contributed by atoms with E-state index in [1.165, 1.54) is 24.4 Å². The molecular formula is C12H10N6O6S. The Hall–Kier alpha value is -3.32. The van der Waals surface area contributed by atoms with Crippen LogP contribution in [0.3, 0.4) is 0 Å². The van der Waals surface area contributed by atoms with E-state index < -0.39 is 25.8 Å². The quantitative estimate of drug-likeness (QED) is 0.292. The van der Waals surface area contributed by atoms with Crippen molar-refractivity contribution < 1.29 is 22.3 Å². The average Bonchev–Trinajstić information content (AvgIpc) is 3.12. The normalized spacial score (nSPS) is 12.1. The van der Waals surface area contributed by atoms with E-state index in [9.17, 15) is 23.1 Å². The number of anilines is 1. The van der Waals surface area contributed by atoms with E-state index in [1.54, 1.807) is 6.92 Å². The fraction of sp³-hybridized carbons (Fsp3) is 0.0833. The molecule has 130 valence electrons. The summed E-state index contributed by atoms with van der Waals surface area (Å²) in [6.45, 7) is 1.62. The van der Waals surface area contributed by atoms with Crippen LogP contribution in [0.25, 0.3) is 5.65 Å². The van der Waals surface area contributed by atoms with Crippen molar-refractivity contribution in [2.24, 2.45) is 5.10 Å². The molecule has 0 atom stereocenters. The summed E-state index contributed by atoms with van der Waals surface area (Å²) in [5.41, 5.74) is 2.98. The highest BCUT2D eigenvalue weighted by molar-refractivity contribution is 7.86. The van der Waals surface area contributed by atoms with Gasteiger partial charge in [0.1, 0.15) is 4.92 Å². The third kappa shape index (κ3) is 3.31. The van der Waals surface area contributed by atoms with E-state index in [-0.39, 0.29) is 17.2 Å². The maximum Gasteiger partial charge on any atom is 0.433 e. The minimum Gasteiger partial charge on any atom is -0.400 e. The zero-order chi connectivity index (χ0) is 18.2. The molecule has 2 N–H and O–H groups in total. The smallest absolute Gasteiger partial charge is 0.400 e. The van der Waals surface area contributed by atoms with Gasteiger partial charge < -0.3 is 4.42 Å². The molecule has 3 rings (SSSR count). The molecule has 0 bridgehead atoms. The number of fused-ring (bicyclic) bond motifs is 1. The summed E-state index contributed by atoms with van der Waals surface area (Å²) in [7, 11) is -4.48. The van der Waals surface area contributed by atoms with Crippen LogP contribution in [-0.2, 0) is 10.1 Å². The van der Waals surface area contributed by atoms with Gasteiger partial charge >= 0.3 is 5.88 Å². The number of hydrazone groups is 1. The molecule has 3 aromatic rings. The van der Waals surface area contributed by atoms with Gasteiger partial charge in [0, 0.05) is 11.8 Å². The van der Waals surface area contributed by atoms with Gasteiger partial charge in [-0.05, 0) is 13.0 Å². The lowest BCUT2D eigenvalue weighted by atomic mass is 10.4. The van der Waals surface area contributed by atoms with Gasteiger partial charge in [-0.15, -0.1) is 0 Å². The Morgan fingerprint density at radius 3 is 2.88 bits per heavy atom. The van der Waals surface area contributed by atoms with Crippen molar-refractivity contribution >= 4 is 33.7 Å². The summed E-state index contributed by atoms with van der Waals surface area (Å²) in [6, 6.07) is 4.08. The van der Waals surface area contributed by atoms with Crippen LogP contribution in [0.2, 0.25) is 0 Å². The Balaban J connectivity index is 1.92. The standard InChI is InChI=1S/C12H10N6O6S/c1-7-4-10(16-13-5-8-2-3-11(24-8)18(19)20)17-12(15-7)9(6-14-17)25(21,22)23/h2-6,16H,1H3,(H,21,22,23)/b13-5+. The van der Waals surface area contributed by atoms with E-state index in [2.05, 4.69) is 20.6 Å². The predicted octanol–water partition coefficient (Wildman–Crippen LogP) is 1.23. The van der Waals surface area contributed by atoms with Gasteiger partial charge in [-0.2, -0.15) is 23.1 Å². The number of aromatic nitrogens is 3. The van der Waals surface area contributed by atoms with E-state index in [1.807, 2.05) is 0 Å². The number of furan rings is 1. The molecule has 0 radical (unpaired) electrons. The zero-order valence-corrected chi connectivity index (χ0v) is 13.3. The highest BCUT2D eigenvalue weighted by atomic mass is 32.2. The Labute approximate surface area is 139 Å². The van der Waals surface area contributed by atoms with Gasteiger partial charge in [0.05, 0.1) is 18.5 Å². The molecule has 0 spiro atoms. The maximum atomic E-state index is 11.3. The Kier molecular flexibility index (Phi) is 3.94. The van der Waals surface area contributed by atoms with Crippen LogP contribution in [0.5, 0.6) is 0 Å². The fourth-order valence-electron chi connectivity index (χ4n) is 2.00. The van der Waals surface area contributed by atoms with Crippen molar-refractivity contribution in [3.63, 3.8) is 0 Å². The lowest BCUT2D eigenvalue weighted by Crippen LogP contribution is -2.04. The SMILES string of the molecule is Cc1cc(N/N=C/c2ccc([N+](=O)[O-])o2)n2ncc(S(=O)(=O)O)c2n1. The second-order valence-corrected chi connectivity index (χ2v) is 6.20. The van der Waals surface area contributed by atoms with Crippen LogP contribution in [0, 0.1) is 17.0 Å². The molecule has 0 aliphatic rings. The summed E-state index contributed by atoms with van der Waals surface area (Å²) >= 11 is 0. The van der Waals surface area contributed by atoms with Crippen molar-refractivity contribution in [2.45, 2.75) is 11.8 Å². The van der Waals surface area contributed by atoms with Gasteiger partial charge in [-0.3, -0.25) is 20.1 Å². The number of nitro groups is 1. The van der Waals surface area contributed by atoms with Crippen LogP contribution in [-0.4, -0.2) is 38.7 Å². The van der Waals surface area contributed by atoms with Gasteiger partial charge in [0.2, 0.25) is 0 Å². The molecule has 0 amide bonds. The number of hydrogen-bond acceptors (Lipinski definition) is 9. The molecule has 13 heteroatoms. The molecule has 0 aromatic carbocycles. The monoisotopic (exact) mass is 366 g/mol. The minimum atomic E-state index is -4.48. The first-order valence-electron chi connectivity index (χ1n) is 6.62. The number of nitrogens with zero attached hydrogens (tertiary/aromatic N) is 5. The van der Waals surface area contributed by atoms with Crippen LogP contribution < -0.4 is 5.43 Å². The molecule has 3 aromatic heterocycles. The molecule has 25 heavy (non-hydrogen) atoms. The zero-order valence-electron chi connectivity index (χ0n) is 12.5.